The number of carbonyl (C=O) groups excluding carboxylic acids is 4. The number of nitrogens with two attached hydrogens (primary N) is 1. The molecule has 0 radical (unpaired) electrons. The maximum absolute atomic E-state index is 14.8. The molecule has 13 heteroatoms. The van der Waals surface area contributed by atoms with Crippen LogP contribution in [-0.4, -0.2) is 102 Å². The lowest BCUT2D eigenvalue weighted by atomic mass is 9.80. The first kappa shape index (κ1) is 40.7. The van der Waals surface area contributed by atoms with Gasteiger partial charge in [0.1, 0.15) is 6.04 Å². The molecule has 4 amide bonds. The molecule has 1 saturated heterocycles. The molecule has 1 unspecified atom stereocenters. The lowest BCUT2D eigenvalue weighted by Gasteiger charge is -2.40. The first-order valence-electron chi connectivity index (χ1n) is 19.5. The minimum absolute atomic E-state index is 0.00524. The second-order valence-electron chi connectivity index (χ2n) is 15.1. The maximum Gasteiger partial charge on any atom is 0.252 e. The third-order valence-corrected chi connectivity index (χ3v) is 11.1. The Hall–Kier alpha value is -4.46. The highest BCUT2D eigenvalue weighted by molar-refractivity contribution is 5.99. The number of H-pyrrole nitrogens is 1. The number of nitrogens with one attached hydrogen (secondary N) is 2. The SMILES string of the molecule is CC(=O)N(C(=O)[C@H](Cc1cnc[nH]1)NC(=O)[C@@H](CC(=O)N1CCC(N)CC1)Cc1ccccc1)C(C[C@@H](O)[C@@H](O)CCc1ccccn1)C1CCCCC1. The molecule has 5 rings (SSSR count). The number of imidazole rings is 1. The monoisotopic (exact) mass is 743 g/mol. The molecule has 2 fully saturated rings. The van der Waals surface area contributed by atoms with Crippen LogP contribution in [0, 0.1) is 11.8 Å². The second kappa shape index (κ2) is 20.3. The lowest BCUT2D eigenvalue weighted by Crippen LogP contribution is -2.58. The normalized spacial score (nSPS) is 18.3. The lowest BCUT2D eigenvalue weighted by molar-refractivity contribution is -0.152. The number of amides is 4. The van der Waals surface area contributed by atoms with Crippen LogP contribution in [0.2, 0.25) is 0 Å². The van der Waals surface area contributed by atoms with Crippen LogP contribution in [0.25, 0.3) is 0 Å². The number of benzene rings is 1. The molecule has 2 aromatic heterocycles. The van der Waals surface area contributed by atoms with E-state index in [9.17, 15) is 29.4 Å². The average Bonchev–Trinajstić information content (AvgIpc) is 3.70. The van der Waals surface area contributed by atoms with Crippen molar-refractivity contribution in [2.24, 2.45) is 17.6 Å². The van der Waals surface area contributed by atoms with Crippen LogP contribution in [0.5, 0.6) is 0 Å². The molecule has 3 heterocycles. The molecule has 6 N–H and O–H groups in total. The summed E-state index contributed by atoms with van der Waals surface area (Å²) in [6.45, 7) is 2.38. The van der Waals surface area contributed by atoms with E-state index in [1.54, 1.807) is 17.3 Å². The predicted octanol–water partition coefficient (Wildman–Crippen LogP) is 3.10. The smallest absolute Gasteiger partial charge is 0.252 e. The molecule has 0 bridgehead atoms. The van der Waals surface area contributed by atoms with Crippen molar-refractivity contribution >= 4 is 23.6 Å². The standard InChI is InChI=1S/C41H57N7O6/c1-28(49)48(36(30-12-6-3-7-13-30)25-38(51)37(50)16-15-33-14-8-9-19-44-33)41(54)35(24-34-26-43-27-45-34)46-40(53)31(22-29-10-4-2-5-11-29)23-39(52)47-20-17-32(42)18-21-47/h2,4-5,8-11,14,19,26-27,30-32,35-38,50-51H,3,6-7,12-13,15-18,20-25,42H2,1H3,(H,43,45)(H,46,53)/t31-,35+,36?,37+,38-/m1/s1. The molecule has 1 aliphatic carbocycles. The molecule has 13 nitrogen and oxygen atoms in total. The Labute approximate surface area is 318 Å². The molecular formula is C41H57N7O6. The van der Waals surface area contributed by atoms with Crippen molar-refractivity contribution in [3.05, 3.63) is 84.2 Å². The van der Waals surface area contributed by atoms with E-state index in [0.29, 0.717) is 38.0 Å². The zero-order chi connectivity index (χ0) is 38.5. The first-order chi connectivity index (χ1) is 26.1. The van der Waals surface area contributed by atoms with Gasteiger partial charge < -0.3 is 31.1 Å². The van der Waals surface area contributed by atoms with E-state index < -0.39 is 47.9 Å². The predicted molar refractivity (Wildman–Crippen MR) is 203 cm³/mol. The fourth-order valence-electron chi connectivity index (χ4n) is 7.94. The van der Waals surface area contributed by atoms with Crippen molar-refractivity contribution in [2.75, 3.05) is 13.1 Å². The third-order valence-electron chi connectivity index (χ3n) is 11.1. The Bertz CT molecular complexity index is 1610. The van der Waals surface area contributed by atoms with Gasteiger partial charge in [0.15, 0.2) is 0 Å². The van der Waals surface area contributed by atoms with Crippen molar-refractivity contribution in [3.63, 3.8) is 0 Å². The highest BCUT2D eigenvalue weighted by Gasteiger charge is 2.40. The number of aliphatic hydroxyl groups is 2. The summed E-state index contributed by atoms with van der Waals surface area (Å²) in [4.78, 5) is 70.7. The number of aromatic nitrogens is 3. The first-order valence-corrected chi connectivity index (χ1v) is 19.5. The molecule has 1 aromatic carbocycles. The van der Waals surface area contributed by atoms with Gasteiger partial charge in [0.05, 0.1) is 24.5 Å². The molecule has 5 atom stereocenters. The summed E-state index contributed by atoms with van der Waals surface area (Å²) in [5.41, 5.74) is 8.33. The van der Waals surface area contributed by atoms with E-state index in [-0.39, 0.29) is 50.0 Å². The average molecular weight is 744 g/mol. The number of hydrogen-bond donors (Lipinski definition) is 5. The number of hydrogen-bond acceptors (Lipinski definition) is 9. The number of carbonyl (C=O) groups is 4. The minimum Gasteiger partial charge on any atom is -0.390 e. The van der Waals surface area contributed by atoms with Crippen LogP contribution in [0.4, 0.5) is 0 Å². The Morgan fingerprint density at radius 2 is 1.69 bits per heavy atom. The number of piperidine rings is 1. The molecule has 2 aliphatic rings. The minimum atomic E-state index is -1.21. The fourth-order valence-corrected chi connectivity index (χ4v) is 7.94. The molecule has 3 aromatic rings. The summed E-state index contributed by atoms with van der Waals surface area (Å²) >= 11 is 0. The van der Waals surface area contributed by atoms with Gasteiger partial charge in [-0.3, -0.25) is 29.1 Å². The van der Waals surface area contributed by atoms with Crippen LogP contribution in [-0.2, 0) is 38.4 Å². The number of pyridine rings is 1. The second-order valence-corrected chi connectivity index (χ2v) is 15.1. The van der Waals surface area contributed by atoms with Gasteiger partial charge in [-0.05, 0) is 75.0 Å². The maximum atomic E-state index is 14.8. The zero-order valence-corrected chi connectivity index (χ0v) is 31.4. The third kappa shape index (κ3) is 11.8. The van der Waals surface area contributed by atoms with Crippen LogP contribution >= 0.6 is 0 Å². The van der Waals surface area contributed by atoms with Gasteiger partial charge >= 0.3 is 0 Å². The number of aromatic amines is 1. The van der Waals surface area contributed by atoms with Gasteiger partial charge in [-0.1, -0.05) is 55.7 Å². The van der Waals surface area contributed by atoms with Gasteiger partial charge in [-0.15, -0.1) is 0 Å². The zero-order valence-electron chi connectivity index (χ0n) is 31.4. The number of likely N-dealkylation sites (tertiary alicyclic amines) is 1. The molecular weight excluding hydrogens is 686 g/mol. The van der Waals surface area contributed by atoms with E-state index in [0.717, 1.165) is 43.4 Å². The fraction of sp³-hybridized carbons (Fsp3) is 0.561. The highest BCUT2D eigenvalue weighted by atomic mass is 16.3. The molecule has 54 heavy (non-hydrogen) atoms. The molecule has 1 aliphatic heterocycles. The Morgan fingerprint density at radius 3 is 2.33 bits per heavy atom. The van der Waals surface area contributed by atoms with Crippen LogP contribution in [0.15, 0.2) is 67.3 Å². The van der Waals surface area contributed by atoms with Crippen molar-refractivity contribution in [1.29, 1.82) is 0 Å². The van der Waals surface area contributed by atoms with Gasteiger partial charge in [0.25, 0.3) is 5.91 Å². The van der Waals surface area contributed by atoms with E-state index >= 15 is 0 Å². The van der Waals surface area contributed by atoms with Crippen molar-refractivity contribution in [2.45, 2.75) is 121 Å². The summed E-state index contributed by atoms with van der Waals surface area (Å²) < 4.78 is 0. The molecule has 1 saturated carbocycles. The summed E-state index contributed by atoms with van der Waals surface area (Å²) in [6, 6.07) is 13.1. The Morgan fingerprint density at radius 1 is 0.963 bits per heavy atom. The topological polar surface area (TPSA) is 195 Å². The Kier molecular flexibility index (Phi) is 15.3. The summed E-state index contributed by atoms with van der Waals surface area (Å²) in [5, 5.41) is 25.4. The largest absolute Gasteiger partial charge is 0.390 e. The number of imide groups is 1. The van der Waals surface area contributed by atoms with E-state index in [1.807, 2.05) is 48.5 Å². The van der Waals surface area contributed by atoms with Gasteiger partial charge in [-0.2, -0.15) is 0 Å². The number of aryl methyl sites for hydroxylation is 1. The van der Waals surface area contributed by atoms with E-state index in [1.165, 1.54) is 18.2 Å². The summed E-state index contributed by atoms with van der Waals surface area (Å²) in [5.74, 6) is -2.61. The quantitative estimate of drug-likeness (QED) is 0.138. The number of aliphatic hydroxyl groups excluding tert-OH is 2. The number of nitrogens with zero attached hydrogens (tertiary/aromatic N) is 4. The van der Waals surface area contributed by atoms with Crippen molar-refractivity contribution < 1.29 is 29.4 Å². The van der Waals surface area contributed by atoms with Crippen molar-refractivity contribution in [3.8, 4) is 0 Å². The van der Waals surface area contributed by atoms with Crippen LogP contribution < -0.4 is 11.1 Å². The summed E-state index contributed by atoms with van der Waals surface area (Å²) in [6.07, 6.45) is 9.18. The Balaban J connectivity index is 1.39. The van der Waals surface area contributed by atoms with Gasteiger partial charge in [-0.25, -0.2) is 4.98 Å². The summed E-state index contributed by atoms with van der Waals surface area (Å²) in [7, 11) is 0. The van der Waals surface area contributed by atoms with Crippen molar-refractivity contribution in [1.82, 2.24) is 30.1 Å². The van der Waals surface area contributed by atoms with Crippen LogP contribution in [0.1, 0.15) is 88.1 Å². The van der Waals surface area contributed by atoms with E-state index in [2.05, 4.69) is 20.3 Å². The molecule has 0 spiro atoms. The number of rotatable bonds is 17. The van der Waals surface area contributed by atoms with E-state index in [4.69, 9.17) is 5.73 Å². The van der Waals surface area contributed by atoms with Gasteiger partial charge in [0.2, 0.25) is 17.7 Å². The van der Waals surface area contributed by atoms with Crippen LogP contribution in [0.3, 0.4) is 0 Å². The highest BCUT2D eigenvalue weighted by Crippen LogP contribution is 2.33. The van der Waals surface area contributed by atoms with Gasteiger partial charge in [0, 0.05) is 68.7 Å². The molecule has 292 valence electrons.